The van der Waals surface area contributed by atoms with Gasteiger partial charge in [0.15, 0.2) is 0 Å². The minimum Gasteiger partial charge on any atom is -0.370 e. The fraction of sp³-hybridized carbons (Fsp3) is 0.889. The molecule has 0 aliphatic carbocycles. The summed E-state index contributed by atoms with van der Waals surface area (Å²) in [6.07, 6.45) is 2.65. The van der Waals surface area contributed by atoms with E-state index in [1.807, 2.05) is 18.7 Å². The number of carbonyl (C=O) groups is 1. The lowest BCUT2D eigenvalue weighted by Gasteiger charge is -2.35. The van der Waals surface area contributed by atoms with Crippen LogP contribution in [0.4, 0.5) is 0 Å². The summed E-state index contributed by atoms with van der Waals surface area (Å²) in [7, 11) is 0. The quantitative estimate of drug-likeness (QED) is 0.708. The van der Waals surface area contributed by atoms with Gasteiger partial charge in [-0.25, -0.2) is 0 Å². The zero-order valence-corrected chi connectivity index (χ0v) is 8.90. The summed E-state index contributed by atoms with van der Waals surface area (Å²) in [5, 5.41) is 0. The third kappa shape index (κ3) is 3.19. The molecule has 3 nitrogen and oxygen atoms in total. The van der Waals surface area contributed by atoms with Crippen molar-refractivity contribution in [2.75, 3.05) is 11.5 Å². The molecule has 13 heavy (non-hydrogen) atoms. The molecule has 2 unspecified atom stereocenters. The highest BCUT2D eigenvalue weighted by atomic mass is 32.2. The van der Waals surface area contributed by atoms with Gasteiger partial charge < -0.3 is 11.5 Å². The predicted octanol–water partition coefficient (Wildman–Crippen LogP) is 0.722. The van der Waals surface area contributed by atoms with Crippen LogP contribution >= 0.6 is 11.8 Å². The van der Waals surface area contributed by atoms with Crippen molar-refractivity contribution in [2.45, 2.75) is 31.7 Å². The molecule has 0 spiro atoms. The van der Waals surface area contributed by atoms with Crippen LogP contribution in [0, 0.1) is 5.92 Å². The second-order valence-electron chi connectivity index (χ2n) is 4.06. The monoisotopic (exact) mass is 202 g/mol. The standard InChI is InChI=1S/C9H18N2OS/c1-9(11,5-8(10)12)7-3-2-4-13-6-7/h7H,2-6,11H2,1H3,(H2,10,12). The minimum atomic E-state index is -0.404. The van der Waals surface area contributed by atoms with Gasteiger partial charge in [0.1, 0.15) is 0 Å². The van der Waals surface area contributed by atoms with Crippen LogP contribution in [0.25, 0.3) is 0 Å². The van der Waals surface area contributed by atoms with Crippen molar-refractivity contribution in [1.82, 2.24) is 0 Å². The Morgan fingerprint density at radius 2 is 2.38 bits per heavy atom. The van der Waals surface area contributed by atoms with E-state index in [1.165, 1.54) is 12.2 Å². The highest BCUT2D eigenvalue weighted by Crippen LogP contribution is 2.31. The molecule has 1 saturated heterocycles. The van der Waals surface area contributed by atoms with E-state index >= 15 is 0 Å². The molecule has 0 bridgehead atoms. The summed E-state index contributed by atoms with van der Waals surface area (Å²) >= 11 is 1.92. The summed E-state index contributed by atoms with van der Waals surface area (Å²) in [6, 6.07) is 0. The first-order valence-electron chi connectivity index (χ1n) is 4.67. The lowest BCUT2D eigenvalue weighted by Crippen LogP contribution is -2.49. The van der Waals surface area contributed by atoms with Crippen molar-refractivity contribution in [3.63, 3.8) is 0 Å². The Morgan fingerprint density at radius 1 is 1.69 bits per heavy atom. The number of amides is 1. The Morgan fingerprint density at radius 3 is 2.85 bits per heavy atom. The first kappa shape index (κ1) is 10.9. The number of carbonyl (C=O) groups excluding carboxylic acids is 1. The van der Waals surface area contributed by atoms with Gasteiger partial charge in [0.2, 0.25) is 5.91 Å². The van der Waals surface area contributed by atoms with Crippen LogP contribution in [0.15, 0.2) is 0 Å². The van der Waals surface area contributed by atoms with Gasteiger partial charge in [-0.3, -0.25) is 4.79 Å². The van der Waals surface area contributed by atoms with Crippen molar-refractivity contribution in [1.29, 1.82) is 0 Å². The number of primary amides is 1. The van der Waals surface area contributed by atoms with E-state index in [-0.39, 0.29) is 5.91 Å². The zero-order valence-electron chi connectivity index (χ0n) is 8.08. The van der Waals surface area contributed by atoms with Crippen LogP contribution < -0.4 is 11.5 Å². The fourth-order valence-corrected chi connectivity index (χ4v) is 3.15. The van der Waals surface area contributed by atoms with E-state index in [1.54, 1.807) is 0 Å². The van der Waals surface area contributed by atoms with Gasteiger partial charge in [-0.1, -0.05) is 0 Å². The normalized spacial score (nSPS) is 28.0. The van der Waals surface area contributed by atoms with Crippen molar-refractivity contribution < 1.29 is 4.79 Å². The van der Waals surface area contributed by atoms with Crippen LogP contribution in [0.3, 0.4) is 0 Å². The van der Waals surface area contributed by atoms with Crippen LogP contribution in [0.2, 0.25) is 0 Å². The lowest BCUT2D eigenvalue weighted by atomic mass is 9.82. The molecule has 76 valence electrons. The van der Waals surface area contributed by atoms with Crippen LogP contribution in [-0.2, 0) is 4.79 Å². The lowest BCUT2D eigenvalue weighted by molar-refractivity contribution is -0.119. The first-order chi connectivity index (χ1) is 6.02. The SMILES string of the molecule is CC(N)(CC(N)=O)C1CCCSC1. The van der Waals surface area contributed by atoms with Crippen LogP contribution in [0.5, 0.6) is 0 Å². The van der Waals surface area contributed by atoms with E-state index in [0.29, 0.717) is 12.3 Å². The smallest absolute Gasteiger partial charge is 0.219 e. The van der Waals surface area contributed by atoms with Gasteiger partial charge in [0, 0.05) is 12.0 Å². The molecule has 0 aromatic rings. The van der Waals surface area contributed by atoms with Crippen LogP contribution in [-0.4, -0.2) is 23.0 Å². The molecule has 1 fully saturated rings. The first-order valence-corrected chi connectivity index (χ1v) is 5.83. The number of hydrogen-bond donors (Lipinski definition) is 2. The van der Waals surface area contributed by atoms with E-state index in [0.717, 1.165) is 12.2 Å². The third-order valence-corrected chi connectivity index (χ3v) is 3.86. The summed E-state index contributed by atoms with van der Waals surface area (Å²) in [5.74, 6) is 2.45. The summed E-state index contributed by atoms with van der Waals surface area (Å²) < 4.78 is 0. The average Bonchev–Trinajstić information content (AvgIpc) is 2.04. The summed E-state index contributed by atoms with van der Waals surface area (Å²) in [4.78, 5) is 10.8. The molecule has 4 N–H and O–H groups in total. The van der Waals surface area contributed by atoms with E-state index in [9.17, 15) is 4.79 Å². The maximum Gasteiger partial charge on any atom is 0.219 e. The fourth-order valence-electron chi connectivity index (χ4n) is 1.78. The number of hydrogen-bond acceptors (Lipinski definition) is 3. The molecule has 0 saturated carbocycles. The zero-order chi connectivity index (χ0) is 9.90. The summed E-state index contributed by atoms with van der Waals surface area (Å²) in [5.41, 5.74) is 10.8. The van der Waals surface area contributed by atoms with Crippen LogP contribution in [0.1, 0.15) is 26.2 Å². The Hall–Kier alpha value is -0.220. The van der Waals surface area contributed by atoms with Crippen molar-refractivity contribution in [3.8, 4) is 0 Å². The van der Waals surface area contributed by atoms with E-state index in [4.69, 9.17) is 11.5 Å². The predicted molar refractivity (Wildman–Crippen MR) is 56.5 cm³/mol. The highest BCUT2D eigenvalue weighted by Gasteiger charge is 2.32. The number of nitrogens with two attached hydrogens (primary N) is 2. The van der Waals surface area contributed by atoms with Crippen molar-refractivity contribution in [3.05, 3.63) is 0 Å². The second-order valence-corrected chi connectivity index (χ2v) is 5.21. The molecular weight excluding hydrogens is 184 g/mol. The van der Waals surface area contributed by atoms with Gasteiger partial charge in [0.25, 0.3) is 0 Å². The van der Waals surface area contributed by atoms with Crippen molar-refractivity contribution in [2.24, 2.45) is 17.4 Å². The van der Waals surface area contributed by atoms with E-state index < -0.39 is 5.54 Å². The maximum absolute atomic E-state index is 10.8. The largest absolute Gasteiger partial charge is 0.370 e. The molecule has 0 aromatic carbocycles. The molecular formula is C9H18N2OS. The summed E-state index contributed by atoms with van der Waals surface area (Å²) in [6.45, 7) is 1.94. The molecule has 0 radical (unpaired) electrons. The van der Waals surface area contributed by atoms with Gasteiger partial charge in [-0.05, 0) is 37.2 Å². The Kier molecular flexibility index (Phi) is 3.62. The molecule has 1 aliphatic heterocycles. The van der Waals surface area contributed by atoms with Crippen molar-refractivity contribution >= 4 is 17.7 Å². The topological polar surface area (TPSA) is 69.1 Å². The third-order valence-electron chi connectivity index (χ3n) is 2.65. The van der Waals surface area contributed by atoms with Gasteiger partial charge in [-0.2, -0.15) is 11.8 Å². The minimum absolute atomic E-state index is 0.291. The Labute approximate surface area is 83.6 Å². The Bertz CT molecular complexity index is 188. The maximum atomic E-state index is 10.8. The van der Waals surface area contributed by atoms with Gasteiger partial charge in [0.05, 0.1) is 0 Å². The molecule has 1 amide bonds. The second kappa shape index (κ2) is 4.33. The highest BCUT2D eigenvalue weighted by molar-refractivity contribution is 7.99. The molecule has 1 heterocycles. The van der Waals surface area contributed by atoms with Gasteiger partial charge >= 0.3 is 0 Å². The Balaban J connectivity index is 2.50. The molecule has 2 atom stereocenters. The number of rotatable bonds is 3. The number of thioether (sulfide) groups is 1. The molecule has 0 aromatic heterocycles. The van der Waals surface area contributed by atoms with Gasteiger partial charge in [-0.15, -0.1) is 0 Å². The van der Waals surface area contributed by atoms with E-state index in [2.05, 4.69) is 0 Å². The average molecular weight is 202 g/mol. The molecule has 1 aliphatic rings. The molecule has 4 heteroatoms. The molecule has 1 rings (SSSR count).